The zero-order valence-electron chi connectivity index (χ0n) is 16.3. The second-order valence-electron chi connectivity index (χ2n) is 7.03. The molecule has 1 N–H and O–H groups in total. The summed E-state index contributed by atoms with van der Waals surface area (Å²) in [6.07, 6.45) is 1.09. The van der Waals surface area contributed by atoms with E-state index in [9.17, 15) is 4.79 Å². The summed E-state index contributed by atoms with van der Waals surface area (Å²) in [4.78, 5) is 14.8. The molecule has 0 spiro atoms. The fraction of sp³-hybridized carbons (Fsp3) is 0.409. The van der Waals surface area contributed by atoms with Crippen molar-refractivity contribution in [2.45, 2.75) is 25.3 Å². The fourth-order valence-corrected chi connectivity index (χ4v) is 3.72. The van der Waals surface area contributed by atoms with Crippen LogP contribution in [0.25, 0.3) is 0 Å². The van der Waals surface area contributed by atoms with Gasteiger partial charge in [-0.3, -0.25) is 9.69 Å². The van der Waals surface area contributed by atoms with Gasteiger partial charge in [0.2, 0.25) is 5.91 Å². The molecule has 1 aliphatic heterocycles. The number of hydrogen-bond donors (Lipinski definition) is 1. The Morgan fingerprint density at radius 2 is 1.96 bits per heavy atom. The molecule has 1 fully saturated rings. The molecule has 1 aliphatic rings. The molecule has 0 aromatic heterocycles. The number of rotatable bonds is 7. The fourth-order valence-electron chi connectivity index (χ4n) is 3.72. The predicted molar refractivity (Wildman–Crippen MR) is 106 cm³/mol. The van der Waals surface area contributed by atoms with Crippen molar-refractivity contribution in [3.05, 3.63) is 59.7 Å². The minimum atomic E-state index is -0.157. The largest absolute Gasteiger partial charge is 0.497 e. The number of carbonyl (C=O) groups excluding carboxylic acids is 1. The molecule has 144 valence electrons. The molecule has 1 amide bonds. The molecule has 1 saturated heterocycles. The van der Waals surface area contributed by atoms with Gasteiger partial charge in [0.25, 0.3) is 0 Å². The van der Waals surface area contributed by atoms with E-state index >= 15 is 0 Å². The molecule has 0 bridgehead atoms. The molecule has 2 aromatic rings. The third-order valence-corrected chi connectivity index (χ3v) is 5.19. The molecule has 0 unspecified atom stereocenters. The van der Waals surface area contributed by atoms with Gasteiger partial charge in [0, 0.05) is 12.1 Å². The van der Waals surface area contributed by atoms with Crippen molar-refractivity contribution in [2.24, 2.45) is 0 Å². The summed E-state index contributed by atoms with van der Waals surface area (Å²) in [7, 11) is 3.26. The molecule has 5 heteroatoms. The van der Waals surface area contributed by atoms with Gasteiger partial charge < -0.3 is 14.8 Å². The van der Waals surface area contributed by atoms with Gasteiger partial charge in [-0.05, 0) is 49.6 Å². The summed E-state index contributed by atoms with van der Waals surface area (Å²) < 4.78 is 10.7. The lowest BCUT2D eigenvalue weighted by atomic mass is 9.99. The average molecular weight is 368 g/mol. The van der Waals surface area contributed by atoms with Gasteiger partial charge in [-0.25, -0.2) is 0 Å². The smallest absolute Gasteiger partial charge is 0.234 e. The topological polar surface area (TPSA) is 50.8 Å². The highest BCUT2D eigenvalue weighted by atomic mass is 16.5. The maximum Gasteiger partial charge on any atom is 0.234 e. The number of nitrogens with zero attached hydrogens (tertiary/aromatic N) is 1. The predicted octanol–water partition coefficient (Wildman–Crippen LogP) is 3.37. The van der Waals surface area contributed by atoms with Crippen molar-refractivity contribution in [1.82, 2.24) is 10.2 Å². The van der Waals surface area contributed by atoms with E-state index in [0.717, 1.165) is 36.6 Å². The minimum Gasteiger partial charge on any atom is -0.497 e. The van der Waals surface area contributed by atoms with Crippen molar-refractivity contribution in [1.29, 1.82) is 0 Å². The van der Waals surface area contributed by atoms with Crippen LogP contribution in [0.4, 0.5) is 0 Å². The van der Waals surface area contributed by atoms with E-state index in [-0.39, 0.29) is 11.9 Å². The molecule has 2 aromatic carbocycles. The van der Waals surface area contributed by atoms with Crippen molar-refractivity contribution in [2.75, 3.05) is 33.9 Å². The van der Waals surface area contributed by atoms with Gasteiger partial charge in [0.15, 0.2) is 0 Å². The van der Waals surface area contributed by atoms with E-state index in [0.29, 0.717) is 12.5 Å². The Balaban J connectivity index is 1.57. The zero-order valence-corrected chi connectivity index (χ0v) is 16.3. The molecular formula is C22H28N2O3. The Kier molecular flexibility index (Phi) is 6.35. The van der Waals surface area contributed by atoms with Crippen LogP contribution in [0.3, 0.4) is 0 Å². The number of carbonyl (C=O) groups is 1. The van der Waals surface area contributed by atoms with Crippen LogP contribution < -0.4 is 14.8 Å². The Morgan fingerprint density at radius 3 is 2.67 bits per heavy atom. The molecule has 3 rings (SSSR count). The monoisotopic (exact) mass is 368 g/mol. The number of amides is 1. The second kappa shape index (κ2) is 8.91. The van der Waals surface area contributed by atoms with E-state index in [1.165, 1.54) is 5.56 Å². The van der Waals surface area contributed by atoms with E-state index in [4.69, 9.17) is 9.47 Å². The van der Waals surface area contributed by atoms with Crippen LogP contribution in [0, 0.1) is 0 Å². The Bertz CT molecular complexity index is 763. The van der Waals surface area contributed by atoms with Crippen molar-refractivity contribution in [3.63, 3.8) is 0 Å². The standard InChI is InChI=1S/C22H28N2O3/c1-16(20-13-19(26-2)9-10-21(20)27-3)23-22(25)15-24-12-11-18(14-24)17-7-5-4-6-8-17/h4-10,13,16,18H,11-12,14-15H2,1-3H3,(H,23,25)/t16-,18-/m1/s1. The second-order valence-corrected chi connectivity index (χ2v) is 7.03. The van der Waals surface area contributed by atoms with Crippen molar-refractivity contribution in [3.8, 4) is 11.5 Å². The molecule has 2 atom stereocenters. The maximum atomic E-state index is 12.6. The minimum absolute atomic E-state index is 0.0288. The summed E-state index contributed by atoms with van der Waals surface area (Å²) in [5.41, 5.74) is 2.27. The van der Waals surface area contributed by atoms with Crippen LogP contribution in [0.15, 0.2) is 48.5 Å². The number of methoxy groups -OCH3 is 2. The van der Waals surface area contributed by atoms with Crippen LogP contribution in [0.1, 0.15) is 36.4 Å². The number of nitrogens with one attached hydrogen (secondary N) is 1. The molecule has 0 saturated carbocycles. The average Bonchev–Trinajstić information content (AvgIpc) is 3.16. The quantitative estimate of drug-likeness (QED) is 0.814. The molecule has 1 heterocycles. The van der Waals surface area contributed by atoms with E-state index in [1.807, 2.05) is 31.2 Å². The van der Waals surface area contributed by atoms with Crippen LogP contribution >= 0.6 is 0 Å². The first-order chi connectivity index (χ1) is 13.1. The lowest BCUT2D eigenvalue weighted by Crippen LogP contribution is -2.37. The first kappa shape index (κ1) is 19.2. The van der Waals surface area contributed by atoms with Gasteiger partial charge in [-0.2, -0.15) is 0 Å². The van der Waals surface area contributed by atoms with E-state index in [2.05, 4.69) is 34.5 Å². The highest BCUT2D eigenvalue weighted by Gasteiger charge is 2.25. The first-order valence-corrected chi connectivity index (χ1v) is 9.39. The van der Waals surface area contributed by atoms with Gasteiger partial charge in [0.1, 0.15) is 11.5 Å². The van der Waals surface area contributed by atoms with Crippen LogP contribution in [-0.4, -0.2) is 44.7 Å². The Morgan fingerprint density at radius 1 is 1.19 bits per heavy atom. The van der Waals surface area contributed by atoms with Gasteiger partial charge >= 0.3 is 0 Å². The summed E-state index contributed by atoms with van der Waals surface area (Å²) in [6.45, 7) is 4.25. The van der Waals surface area contributed by atoms with Crippen LogP contribution in [0.2, 0.25) is 0 Å². The van der Waals surface area contributed by atoms with E-state index in [1.54, 1.807) is 14.2 Å². The summed E-state index contributed by atoms with van der Waals surface area (Å²) in [5.74, 6) is 2.03. The highest BCUT2D eigenvalue weighted by Crippen LogP contribution is 2.30. The summed E-state index contributed by atoms with van der Waals surface area (Å²) in [5, 5.41) is 3.09. The molecule has 5 nitrogen and oxygen atoms in total. The third-order valence-electron chi connectivity index (χ3n) is 5.19. The SMILES string of the molecule is COc1ccc(OC)c([C@@H](C)NC(=O)CN2CC[C@@H](c3ccccc3)C2)c1. The Hall–Kier alpha value is -2.53. The highest BCUT2D eigenvalue weighted by molar-refractivity contribution is 5.78. The van der Waals surface area contributed by atoms with Gasteiger partial charge in [-0.1, -0.05) is 30.3 Å². The zero-order chi connectivity index (χ0) is 19.2. The summed E-state index contributed by atoms with van der Waals surface area (Å²) >= 11 is 0. The molecule has 0 radical (unpaired) electrons. The van der Waals surface area contributed by atoms with E-state index < -0.39 is 0 Å². The number of ether oxygens (including phenoxy) is 2. The van der Waals surface area contributed by atoms with Crippen molar-refractivity contribution >= 4 is 5.91 Å². The van der Waals surface area contributed by atoms with Crippen molar-refractivity contribution < 1.29 is 14.3 Å². The Labute approximate surface area is 161 Å². The number of hydrogen-bond acceptors (Lipinski definition) is 4. The maximum absolute atomic E-state index is 12.6. The lowest BCUT2D eigenvalue weighted by molar-refractivity contribution is -0.122. The van der Waals surface area contributed by atoms with Crippen LogP contribution in [0.5, 0.6) is 11.5 Å². The van der Waals surface area contributed by atoms with Gasteiger partial charge in [-0.15, -0.1) is 0 Å². The number of benzene rings is 2. The van der Waals surface area contributed by atoms with Crippen LogP contribution in [-0.2, 0) is 4.79 Å². The number of likely N-dealkylation sites (tertiary alicyclic amines) is 1. The summed E-state index contributed by atoms with van der Waals surface area (Å²) in [6, 6.07) is 16.0. The third kappa shape index (κ3) is 4.80. The molecule has 27 heavy (non-hydrogen) atoms. The first-order valence-electron chi connectivity index (χ1n) is 9.39. The molecule has 0 aliphatic carbocycles. The van der Waals surface area contributed by atoms with Gasteiger partial charge in [0.05, 0.1) is 26.8 Å². The molecular weight excluding hydrogens is 340 g/mol. The lowest BCUT2D eigenvalue weighted by Gasteiger charge is -2.21. The normalized spacial score (nSPS) is 18.1.